The molecule has 2 N–H and O–H groups in total. The van der Waals surface area contributed by atoms with Crippen LogP contribution in [0.5, 0.6) is 17.4 Å². The molecule has 1 aromatic heterocycles. The fraction of sp³-hybridized carbons (Fsp3) is 0.143. The third-order valence-corrected chi connectivity index (χ3v) is 5.20. The Bertz CT molecular complexity index is 1240. The number of nitrogens with one attached hydrogen (secondary N) is 1. The van der Waals surface area contributed by atoms with Gasteiger partial charge in [-0.05, 0) is 41.6 Å². The van der Waals surface area contributed by atoms with Gasteiger partial charge in [0.25, 0.3) is 0 Å². The highest BCUT2D eigenvalue weighted by Gasteiger charge is 2.30. The summed E-state index contributed by atoms with van der Waals surface area (Å²) in [5.74, 6) is 1.15. The fourth-order valence-corrected chi connectivity index (χ4v) is 3.92. The summed E-state index contributed by atoms with van der Waals surface area (Å²) in [6.07, 6.45) is -2.76. The third-order valence-electron chi connectivity index (χ3n) is 5.20. The zero-order valence-electron chi connectivity index (χ0n) is 14.6. The van der Waals surface area contributed by atoms with Crippen molar-refractivity contribution in [2.24, 2.45) is 0 Å². The van der Waals surface area contributed by atoms with Crippen molar-refractivity contribution in [1.29, 1.82) is 0 Å². The Balaban J connectivity index is 1.91. The monoisotopic (exact) mass is 385 g/mol. The van der Waals surface area contributed by atoms with Crippen molar-refractivity contribution in [3.05, 3.63) is 53.7 Å². The van der Waals surface area contributed by atoms with E-state index in [0.717, 1.165) is 28.5 Å². The lowest BCUT2D eigenvalue weighted by Crippen LogP contribution is -2.04. The summed E-state index contributed by atoms with van der Waals surface area (Å²) in [7, 11) is 0. The number of alkyl halides is 3. The molecule has 4 aromatic rings. The van der Waals surface area contributed by atoms with E-state index in [1.165, 1.54) is 12.1 Å². The Labute approximate surface area is 157 Å². The molecule has 2 heterocycles. The quantitative estimate of drug-likeness (QED) is 0.439. The van der Waals surface area contributed by atoms with Gasteiger partial charge in [0.1, 0.15) is 0 Å². The molecule has 4 nitrogen and oxygen atoms in total. The summed E-state index contributed by atoms with van der Waals surface area (Å²) in [5, 5.41) is 13.2. The number of H-pyrrole nitrogens is 1. The third kappa shape index (κ3) is 2.25. The van der Waals surface area contributed by atoms with Crippen molar-refractivity contribution in [3.63, 3.8) is 0 Å². The van der Waals surface area contributed by atoms with Gasteiger partial charge in [0.2, 0.25) is 6.79 Å². The molecule has 142 valence electrons. The second-order valence-corrected chi connectivity index (χ2v) is 6.72. The lowest BCUT2D eigenvalue weighted by atomic mass is 9.89. The van der Waals surface area contributed by atoms with Gasteiger partial charge in [-0.2, -0.15) is 13.2 Å². The first kappa shape index (κ1) is 16.8. The molecule has 0 radical (unpaired) electrons. The van der Waals surface area contributed by atoms with Gasteiger partial charge in [-0.3, -0.25) is 0 Å². The average molecular weight is 385 g/mol. The van der Waals surface area contributed by atoms with Crippen LogP contribution in [0.1, 0.15) is 11.1 Å². The van der Waals surface area contributed by atoms with Crippen molar-refractivity contribution in [2.75, 3.05) is 6.79 Å². The summed E-state index contributed by atoms with van der Waals surface area (Å²) >= 11 is 0. The normalized spacial score (nSPS) is 13.6. The largest absolute Gasteiger partial charge is 0.494 e. The first-order valence-corrected chi connectivity index (χ1v) is 8.59. The number of halogens is 3. The highest BCUT2D eigenvalue weighted by molar-refractivity contribution is 6.18. The second-order valence-electron chi connectivity index (χ2n) is 6.72. The predicted octanol–water partition coefficient (Wildman–Crippen LogP) is 5.75. The molecule has 0 atom stereocenters. The van der Waals surface area contributed by atoms with Gasteiger partial charge in [0, 0.05) is 27.9 Å². The number of hydrogen-bond donors (Lipinski definition) is 2. The lowest BCUT2D eigenvalue weighted by Gasteiger charge is -2.15. The van der Waals surface area contributed by atoms with Crippen LogP contribution in [0.25, 0.3) is 32.7 Å². The molecule has 1 aliphatic heterocycles. The van der Waals surface area contributed by atoms with Crippen LogP contribution in [-0.2, 0) is 6.18 Å². The summed E-state index contributed by atoms with van der Waals surface area (Å²) in [5.41, 5.74) is 1.40. The number of hydrogen-bond acceptors (Lipinski definition) is 3. The maximum atomic E-state index is 13.0. The van der Waals surface area contributed by atoms with E-state index in [0.29, 0.717) is 33.4 Å². The summed E-state index contributed by atoms with van der Waals surface area (Å²) in [6, 6.07) is 8.65. The maximum Gasteiger partial charge on any atom is 0.416 e. The zero-order valence-corrected chi connectivity index (χ0v) is 14.6. The first-order chi connectivity index (χ1) is 13.4. The molecule has 5 rings (SSSR count). The van der Waals surface area contributed by atoms with Crippen LogP contribution in [0.4, 0.5) is 13.2 Å². The van der Waals surface area contributed by atoms with E-state index in [1.807, 2.05) is 13.0 Å². The van der Waals surface area contributed by atoms with E-state index in [2.05, 4.69) is 4.98 Å². The van der Waals surface area contributed by atoms with Crippen LogP contribution >= 0.6 is 0 Å². The number of fused-ring (bicyclic) bond motifs is 4. The molecule has 0 unspecified atom stereocenters. The van der Waals surface area contributed by atoms with Gasteiger partial charge < -0.3 is 19.6 Å². The molecule has 0 amide bonds. The van der Waals surface area contributed by atoms with Crippen LogP contribution < -0.4 is 9.47 Å². The van der Waals surface area contributed by atoms with E-state index in [1.54, 1.807) is 12.3 Å². The number of aryl methyl sites for hydroxylation is 1. The number of ether oxygens (including phenoxy) is 2. The predicted molar refractivity (Wildman–Crippen MR) is 98.8 cm³/mol. The van der Waals surface area contributed by atoms with Gasteiger partial charge in [-0.15, -0.1) is 0 Å². The first-order valence-electron chi connectivity index (χ1n) is 8.59. The summed E-state index contributed by atoms with van der Waals surface area (Å²) < 4.78 is 50.1. The fourth-order valence-electron chi connectivity index (χ4n) is 3.92. The summed E-state index contributed by atoms with van der Waals surface area (Å²) in [4.78, 5) is 2.81. The number of benzene rings is 3. The van der Waals surface area contributed by atoms with Crippen molar-refractivity contribution in [3.8, 4) is 28.5 Å². The Morgan fingerprint density at radius 2 is 1.71 bits per heavy atom. The van der Waals surface area contributed by atoms with Gasteiger partial charge in [-0.1, -0.05) is 18.2 Å². The van der Waals surface area contributed by atoms with Crippen molar-refractivity contribution < 1.29 is 27.8 Å². The van der Waals surface area contributed by atoms with Gasteiger partial charge >= 0.3 is 6.18 Å². The van der Waals surface area contributed by atoms with E-state index >= 15 is 0 Å². The van der Waals surface area contributed by atoms with Crippen molar-refractivity contribution in [2.45, 2.75) is 13.1 Å². The minimum absolute atomic E-state index is 0.0141. The zero-order chi connectivity index (χ0) is 19.6. The molecule has 0 saturated carbocycles. The van der Waals surface area contributed by atoms with Crippen molar-refractivity contribution >= 4 is 21.5 Å². The van der Waals surface area contributed by atoms with Crippen LogP contribution in [0.2, 0.25) is 0 Å². The molecular weight excluding hydrogens is 371 g/mol. The molecule has 0 saturated heterocycles. The number of aromatic nitrogens is 1. The Morgan fingerprint density at radius 1 is 0.964 bits per heavy atom. The van der Waals surface area contributed by atoms with Crippen molar-refractivity contribution in [1.82, 2.24) is 4.98 Å². The molecule has 0 spiro atoms. The van der Waals surface area contributed by atoms with Crippen LogP contribution in [0.3, 0.4) is 0 Å². The van der Waals surface area contributed by atoms with E-state index < -0.39 is 11.7 Å². The summed E-state index contributed by atoms with van der Waals surface area (Å²) in [6.45, 7) is 1.97. The molecule has 1 aliphatic rings. The minimum atomic E-state index is -4.41. The minimum Gasteiger partial charge on any atom is -0.494 e. The molecule has 3 aromatic carbocycles. The number of aromatic hydroxyl groups is 1. The second kappa shape index (κ2) is 5.58. The lowest BCUT2D eigenvalue weighted by molar-refractivity contribution is -0.137. The number of rotatable bonds is 1. The standard InChI is InChI=1S/C21H14F3NO3/c1-10-13-6-7-15-19(28-9-27-15)18(13)17(14-8-25-20(26)16(10)14)11-2-4-12(5-3-11)21(22,23)24/h2-8,25-26H,9H2,1H3. The van der Waals surface area contributed by atoms with Gasteiger partial charge in [0.15, 0.2) is 17.4 Å². The molecule has 0 aliphatic carbocycles. The van der Waals surface area contributed by atoms with E-state index in [9.17, 15) is 18.3 Å². The molecule has 7 heteroatoms. The topological polar surface area (TPSA) is 54.5 Å². The Kier molecular flexibility index (Phi) is 3.34. The van der Waals surface area contributed by atoms with E-state index in [-0.39, 0.29) is 12.7 Å². The van der Waals surface area contributed by atoms with Gasteiger partial charge in [-0.25, -0.2) is 0 Å². The Hall–Kier alpha value is -3.35. The molecular formula is C21H14F3NO3. The smallest absolute Gasteiger partial charge is 0.416 e. The van der Waals surface area contributed by atoms with Crippen LogP contribution in [-0.4, -0.2) is 16.9 Å². The SMILES string of the molecule is Cc1c2ccc3c(c2c(-c2ccc(C(F)(F)F)cc2)c2c[nH]c(O)c12)OCO3. The number of aromatic amines is 1. The van der Waals surface area contributed by atoms with Crippen LogP contribution in [0.15, 0.2) is 42.6 Å². The molecule has 0 fully saturated rings. The maximum absolute atomic E-state index is 13.0. The highest BCUT2D eigenvalue weighted by atomic mass is 19.4. The Morgan fingerprint density at radius 3 is 2.43 bits per heavy atom. The molecule has 28 heavy (non-hydrogen) atoms. The van der Waals surface area contributed by atoms with Crippen LogP contribution in [0, 0.1) is 6.92 Å². The highest BCUT2D eigenvalue weighted by Crippen LogP contribution is 2.49. The van der Waals surface area contributed by atoms with Gasteiger partial charge in [0.05, 0.1) is 5.56 Å². The average Bonchev–Trinajstić information content (AvgIpc) is 3.28. The van der Waals surface area contributed by atoms with E-state index in [4.69, 9.17) is 9.47 Å². The molecule has 0 bridgehead atoms.